The van der Waals surface area contributed by atoms with Crippen LogP contribution in [0.15, 0.2) is 81.2 Å². The Kier molecular flexibility index (Phi) is 4.01. The summed E-state index contributed by atoms with van der Waals surface area (Å²) >= 11 is 3.60. The van der Waals surface area contributed by atoms with E-state index in [0.717, 1.165) is 6.42 Å². The summed E-state index contributed by atoms with van der Waals surface area (Å²) in [6, 6.07) is 21.3. The Bertz CT molecular complexity index is 537. The first-order valence-electron chi connectivity index (χ1n) is 6.24. The van der Waals surface area contributed by atoms with Gasteiger partial charge >= 0.3 is 0 Å². The van der Waals surface area contributed by atoms with Gasteiger partial charge < -0.3 is 0 Å². The zero-order chi connectivity index (χ0) is 12.9. The van der Waals surface area contributed by atoms with Crippen LogP contribution in [-0.2, 0) is 6.42 Å². The van der Waals surface area contributed by atoms with Crippen molar-refractivity contribution in [1.82, 2.24) is 0 Å². The largest absolute Gasteiger partial charge is 0.152 e. The number of hydrogen-bond acceptors (Lipinski definition) is 2. The number of fused-ring (bicyclic) bond motifs is 2. The minimum absolute atomic E-state index is 1.08. The van der Waals surface area contributed by atoms with E-state index in [1.54, 1.807) is 11.3 Å². The SMILES string of the molecule is c1ccc2c(c1)Cc1ccccc1S2.c1ccsc1. The molecule has 0 spiro atoms. The van der Waals surface area contributed by atoms with E-state index in [2.05, 4.69) is 48.5 Å². The molecule has 94 valence electrons. The predicted octanol–water partition coefficient (Wildman–Crippen LogP) is 5.49. The Morgan fingerprint density at radius 3 is 1.63 bits per heavy atom. The third kappa shape index (κ3) is 3.09. The first-order valence-corrected chi connectivity index (χ1v) is 8.00. The quantitative estimate of drug-likeness (QED) is 0.411. The molecule has 4 rings (SSSR count). The van der Waals surface area contributed by atoms with Crippen LogP contribution in [0.25, 0.3) is 0 Å². The number of thiophene rings is 1. The predicted molar refractivity (Wildman–Crippen MR) is 84.1 cm³/mol. The fourth-order valence-electron chi connectivity index (χ4n) is 2.05. The van der Waals surface area contributed by atoms with Crippen LogP contribution in [0.2, 0.25) is 0 Å². The molecule has 1 aromatic heterocycles. The molecule has 2 aromatic carbocycles. The summed E-state index contributed by atoms with van der Waals surface area (Å²) in [4.78, 5) is 2.82. The summed E-state index contributed by atoms with van der Waals surface area (Å²) in [5, 5.41) is 4.08. The van der Waals surface area contributed by atoms with Crippen molar-refractivity contribution >= 4 is 23.1 Å². The zero-order valence-electron chi connectivity index (χ0n) is 10.5. The van der Waals surface area contributed by atoms with Gasteiger partial charge in [-0.15, -0.1) is 0 Å². The van der Waals surface area contributed by atoms with Gasteiger partial charge in [0.1, 0.15) is 0 Å². The third-order valence-electron chi connectivity index (χ3n) is 2.97. The van der Waals surface area contributed by atoms with E-state index in [0.29, 0.717) is 0 Å². The van der Waals surface area contributed by atoms with Crippen molar-refractivity contribution in [2.24, 2.45) is 0 Å². The van der Waals surface area contributed by atoms with Crippen LogP contribution in [0.1, 0.15) is 11.1 Å². The summed E-state index contributed by atoms with van der Waals surface area (Å²) in [7, 11) is 0. The van der Waals surface area contributed by atoms with Crippen LogP contribution in [0.4, 0.5) is 0 Å². The minimum atomic E-state index is 1.08. The molecule has 0 aliphatic carbocycles. The second kappa shape index (κ2) is 6.09. The van der Waals surface area contributed by atoms with Gasteiger partial charge in [0.05, 0.1) is 0 Å². The molecule has 0 bridgehead atoms. The molecule has 3 aromatic rings. The maximum Gasteiger partial charge on any atom is 0.0157 e. The molecule has 0 nitrogen and oxygen atoms in total. The molecule has 0 unspecified atom stereocenters. The second-order valence-electron chi connectivity index (χ2n) is 4.29. The highest BCUT2D eigenvalue weighted by Crippen LogP contribution is 2.38. The van der Waals surface area contributed by atoms with Crippen molar-refractivity contribution in [1.29, 1.82) is 0 Å². The standard InChI is InChI=1S/C13H10S.C4H4S/c1-3-7-12-10(5-1)9-11-6-2-4-8-13(11)14-12;1-2-4-5-3-1/h1-8H,9H2;1-4H. The molecule has 1 aliphatic rings. The maximum atomic E-state index is 2.22. The molecule has 19 heavy (non-hydrogen) atoms. The first-order chi connectivity index (χ1) is 9.43. The Morgan fingerprint density at radius 2 is 1.16 bits per heavy atom. The van der Waals surface area contributed by atoms with E-state index < -0.39 is 0 Å². The van der Waals surface area contributed by atoms with Crippen LogP contribution >= 0.6 is 23.1 Å². The maximum absolute atomic E-state index is 2.22. The van der Waals surface area contributed by atoms with Gasteiger partial charge in [-0.25, -0.2) is 0 Å². The van der Waals surface area contributed by atoms with E-state index in [1.165, 1.54) is 20.9 Å². The van der Waals surface area contributed by atoms with Crippen LogP contribution in [0, 0.1) is 0 Å². The lowest BCUT2D eigenvalue weighted by atomic mass is 10.0. The summed E-state index contributed by atoms with van der Waals surface area (Å²) in [6.45, 7) is 0. The molecule has 0 N–H and O–H groups in total. The van der Waals surface area contributed by atoms with E-state index in [-0.39, 0.29) is 0 Å². The summed E-state index contributed by atoms with van der Waals surface area (Å²) in [6.07, 6.45) is 1.08. The van der Waals surface area contributed by atoms with Gasteiger partial charge in [-0.3, -0.25) is 0 Å². The average molecular weight is 282 g/mol. The van der Waals surface area contributed by atoms with Gasteiger partial charge in [-0.05, 0) is 40.4 Å². The Hall–Kier alpha value is -1.51. The second-order valence-corrected chi connectivity index (χ2v) is 6.19. The highest BCUT2D eigenvalue weighted by Gasteiger charge is 2.13. The van der Waals surface area contributed by atoms with Gasteiger partial charge in [0.2, 0.25) is 0 Å². The van der Waals surface area contributed by atoms with Crippen molar-refractivity contribution in [3.8, 4) is 0 Å². The van der Waals surface area contributed by atoms with Gasteiger partial charge in [0, 0.05) is 9.79 Å². The van der Waals surface area contributed by atoms with Crippen molar-refractivity contribution in [2.75, 3.05) is 0 Å². The summed E-state index contributed by atoms with van der Waals surface area (Å²) < 4.78 is 0. The fourth-order valence-corrected chi connectivity index (χ4v) is 3.58. The molecule has 0 fully saturated rings. The van der Waals surface area contributed by atoms with Crippen LogP contribution in [-0.4, -0.2) is 0 Å². The van der Waals surface area contributed by atoms with Crippen molar-refractivity contribution in [3.05, 3.63) is 82.6 Å². The number of benzene rings is 2. The van der Waals surface area contributed by atoms with E-state index in [9.17, 15) is 0 Å². The lowest BCUT2D eigenvalue weighted by Gasteiger charge is -2.17. The van der Waals surface area contributed by atoms with Crippen molar-refractivity contribution < 1.29 is 0 Å². The zero-order valence-corrected chi connectivity index (χ0v) is 12.1. The molecule has 2 heterocycles. The van der Waals surface area contributed by atoms with Crippen molar-refractivity contribution in [3.63, 3.8) is 0 Å². The van der Waals surface area contributed by atoms with E-state index in [1.807, 2.05) is 34.7 Å². The number of rotatable bonds is 0. The van der Waals surface area contributed by atoms with Gasteiger partial charge in [0.25, 0.3) is 0 Å². The molecule has 0 atom stereocenters. The normalized spacial score (nSPS) is 11.8. The molecular formula is C17H14S2. The first kappa shape index (κ1) is 12.5. The topological polar surface area (TPSA) is 0 Å². The fraction of sp³-hybridized carbons (Fsp3) is 0.0588. The molecule has 1 aliphatic heterocycles. The Balaban J connectivity index is 0.000000187. The van der Waals surface area contributed by atoms with E-state index >= 15 is 0 Å². The molecule has 0 saturated carbocycles. The van der Waals surface area contributed by atoms with Gasteiger partial charge in [0.15, 0.2) is 0 Å². The minimum Gasteiger partial charge on any atom is -0.152 e. The highest BCUT2D eigenvalue weighted by atomic mass is 32.2. The van der Waals surface area contributed by atoms with Gasteiger partial charge in [-0.1, -0.05) is 60.3 Å². The molecule has 0 saturated heterocycles. The smallest absolute Gasteiger partial charge is 0.0157 e. The van der Waals surface area contributed by atoms with Crippen LogP contribution in [0.5, 0.6) is 0 Å². The molecule has 2 heteroatoms. The monoisotopic (exact) mass is 282 g/mol. The Morgan fingerprint density at radius 1 is 0.632 bits per heavy atom. The van der Waals surface area contributed by atoms with E-state index in [4.69, 9.17) is 0 Å². The van der Waals surface area contributed by atoms with Crippen LogP contribution in [0.3, 0.4) is 0 Å². The lowest BCUT2D eigenvalue weighted by molar-refractivity contribution is 1.06. The van der Waals surface area contributed by atoms with Crippen LogP contribution < -0.4 is 0 Å². The average Bonchev–Trinajstić information content (AvgIpc) is 3.04. The lowest BCUT2D eigenvalue weighted by Crippen LogP contribution is -1.98. The molecule has 0 radical (unpaired) electrons. The number of hydrogen-bond donors (Lipinski definition) is 0. The van der Waals surface area contributed by atoms with Gasteiger partial charge in [-0.2, -0.15) is 11.3 Å². The summed E-state index contributed by atoms with van der Waals surface area (Å²) in [5.41, 5.74) is 2.91. The summed E-state index contributed by atoms with van der Waals surface area (Å²) in [5.74, 6) is 0. The molecule has 0 amide bonds. The highest BCUT2D eigenvalue weighted by molar-refractivity contribution is 7.99. The molecular weight excluding hydrogens is 268 g/mol. The third-order valence-corrected chi connectivity index (χ3v) is 4.84. The van der Waals surface area contributed by atoms with Crippen molar-refractivity contribution in [2.45, 2.75) is 16.2 Å². The Labute approximate surface area is 122 Å².